The molecule has 2 N–H and O–H groups in total. The van der Waals surface area contributed by atoms with Crippen molar-refractivity contribution in [2.45, 2.75) is 58.5 Å². The van der Waals surface area contributed by atoms with Gasteiger partial charge >= 0.3 is 0 Å². The Kier molecular flexibility index (Phi) is 6.03. The van der Waals surface area contributed by atoms with Gasteiger partial charge in [-0.15, -0.1) is 0 Å². The molecule has 0 aromatic carbocycles. The molecule has 2 aliphatic rings. The van der Waals surface area contributed by atoms with Gasteiger partial charge in [0.1, 0.15) is 6.23 Å². The molecule has 2 saturated heterocycles. The fraction of sp³-hybridized carbons (Fsp3) is 1.00. The van der Waals surface area contributed by atoms with E-state index < -0.39 is 0 Å². The van der Waals surface area contributed by atoms with E-state index in [0.29, 0.717) is 24.5 Å². The lowest BCUT2D eigenvalue weighted by Gasteiger charge is -2.44. The summed E-state index contributed by atoms with van der Waals surface area (Å²) in [6.07, 6.45) is 0.452. The van der Waals surface area contributed by atoms with Gasteiger partial charge in [0.2, 0.25) is 0 Å². The van der Waals surface area contributed by atoms with Gasteiger partial charge in [0.15, 0.2) is 0 Å². The standard InChI is InChI=1S/C16H33N3O2/c1-12(2)18-6-5-14(15(20)10-18)9-17-7-8-19(13(3)4)16(21)11-17/h12-16,20-21H,5-11H2,1-4H3. The molecular weight excluding hydrogens is 266 g/mol. The van der Waals surface area contributed by atoms with Gasteiger partial charge in [-0.1, -0.05) is 0 Å². The monoisotopic (exact) mass is 299 g/mol. The van der Waals surface area contributed by atoms with Crippen LogP contribution in [0, 0.1) is 5.92 Å². The van der Waals surface area contributed by atoms with E-state index in [2.05, 4.69) is 42.4 Å². The Morgan fingerprint density at radius 3 is 2.19 bits per heavy atom. The van der Waals surface area contributed by atoms with Crippen molar-refractivity contribution in [1.82, 2.24) is 14.7 Å². The van der Waals surface area contributed by atoms with Crippen LogP contribution in [0.4, 0.5) is 0 Å². The second-order valence-electron chi connectivity index (χ2n) is 7.28. The van der Waals surface area contributed by atoms with Crippen LogP contribution in [0.3, 0.4) is 0 Å². The van der Waals surface area contributed by atoms with Gasteiger partial charge in [-0.3, -0.25) is 14.7 Å². The Balaban J connectivity index is 1.81. The molecule has 2 aliphatic heterocycles. The molecule has 124 valence electrons. The number of aliphatic hydroxyl groups is 2. The van der Waals surface area contributed by atoms with Crippen LogP contribution in [0.1, 0.15) is 34.1 Å². The third-order valence-corrected chi connectivity index (χ3v) is 5.12. The summed E-state index contributed by atoms with van der Waals surface area (Å²) in [6.45, 7) is 14.0. The number of hydrogen-bond acceptors (Lipinski definition) is 5. The Labute approximate surface area is 129 Å². The Morgan fingerprint density at radius 2 is 1.67 bits per heavy atom. The number of aliphatic hydroxyl groups excluding tert-OH is 2. The number of piperazine rings is 1. The van der Waals surface area contributed by atoms with Crippen molar-refractivity contribution in [3.8, 4) is 0 Å². The Bertz CT molecular complexity index is 325. The van der Waals surface area contributed by atoms with Gasteiger partial charge in [0.25, 0.3) is 0 Å². The average Bonchev–Trinajstić information content (AvgIpc) is 2.40. The van der Waals surface area contributed by atoms with Crippen LogP contribution in [0.15, 0.2) is 0 Å². The molecule has 5 nitrogen and oxygen atoms in total. The molecule has 2 heterocycles. The minimum Gasteiger partial charge on any atom is -0.391 e. The maximum atomic E-state index is 10.4. The topological polar surface area (TPSA) is 50.2 Å². The van der Waals surface area contributed by atoms with Crippen molar-refractivity contribution in [1.29, 1.82) is 0 Å². The van der Waals surface area contributed by atoms with Gasteiger partial charge in [-0.05, 0) is 40.7 Å². The highest BCUT2D eigenvalue weighted by molar-refractivity contribution is 4.86. The predicted molar refractivity (Wildman–Crippen MR) is 85.1 cm³/mol. The smallest absolute Gasteiger partial charge is 0.120 e. The summed E-state index contributed by atoms with van der Waals surface area (Å²) in [5.74, 6) is 0.345. The van der Waals surface area contributed by atoms with Crippen molar-refractivity contribution in [3.05, 3.63) is 0 Å². The number of nitrogens with zero attached hydrogens (tertiary/aromatic N) is 3. The summed E-state index contributed by atoms with van der Waals surface area (Å²) in [4.78, 5) is 6.82. The number of piperidine rings is 1. The van der Waals surface area contributed by atoms with E-state index in [0.717, 1.165) is 39.1 Å². The van der Waals surface area contributed by atoms with Crippen LogP contribution in [-0.4, -0.2) is 88.6 Å². The van der Waals surface area contributed by atoms with Crippen LogP contribution in [-0.2, 0) is 0 Å². The zero-order chi connectivity index (χ0) is 15.6. The fourth-order valence-electron chi connectivity index (χ4n) is 3.62. The van der Waals surface area contributed by atoms with Crippen LogP contribution >= 0.6 is 0 Å². The van der Waals surface area contributed by atoms with Crippen molar-refractivity contribution in [3.63, 3.8) is 0 Å². The van der Waals surface area contributed by atoms with E-state index in [1.54, 1.807) is 0 Å². The molecule has 0 aliphatic carbocycles. The summed E-state index contributed by atoms with van der Waals surface area (Å²) < 4.78 is 0. The molecule has 5 heteroatoms. The Morgan fingerprint density at radius 1 is 0.952 bits per heavy atom. The summed E-state index contributed by atoms with van der Waals surface area (Å²) >= 11 is 0. The number of hydrogen-bond donors (Lipinski definition) is 2. The number of rotatable bonds is 4. The minimum absolute atomic E-state index is 0.235. The summed E-state index contributed by atoms with van der Waals surface area (Å²) in [7, 11) is 0. The molecule has 0 radical (unpaired) electrons. The van der Waals surface area contributed by atoms with E-state index >= 15 is 0 Å². The second-order valence-corrected chi connectivity index (χ2v) is 7.28. The van der Waals surface area contributed by atoms with Crippen LogP contribution in [0.5, 0.6) is 0 Å². The normalized spacial score (nSPS) is 34.0. The van der Waals surface area contributed by atoms with E-state index in [9.17, 15) is 10.2 Å². The second kappa shape index (κ2) is 7.38. The SMILES string of the molecule is CC(C)N1CCC(CN2CCN(C(C)C)C(O)C2)C(O)C1. The van der Waals surface area contributed by atoms with E-state index in [4.69, 9.17) is 0 Å². The lowest BCUT2D eigenvalue weighted by atomic mass is 9.92. The van der Waals surface area contributed by atoms with Gasteiger partial charge in [-0.25, -0.2) is 0 Å². The summed E-state index contributed by atoms with van der Waals surface area (Å²) in [5.41, 5.74) is 0. The highest BCUT2D eigenvalue weighted by Gasteiger charge is 2.33. The molecule has 3 atom stereocenters. The summed E-state index contributed by atoms with van der Waals surface area (Å²) in [5, 5.41) is 20.6. The maximum Gasteiger partial charge on any atom is 0.120 e. The minimum atomic E-state index is -0.369. The first-order chi connectivity index (χ1) is 9.88. The van der Waals surface area contributed by atoms with E-state index in [1.807, 2.05) is 0 Å². The zero-order valence-corrected chi connectivity index (χ0v) is 14.1. The maximum absolute atomic E-state index is 10.4. The molecule has 0 aromatic rings. The molecule has 2 fully saturated rings. The van der Waals surface area contributed by atoms with Crippen molar-refractivity contribution < 1.29 is 10.2 Å². The average molecular weight is 299 g/mol. The van der Waals surface area contributed by atoms with Crippen molar-refractivity contribution >= 4 is 0 Å². The number of β-amino-alcohol motifs (C(OH)–C–C–N with tert-alkyl or cyclic N) is 2. The first-order valence-corrected chi connectivity index (χ1v) is 8.46. The molecule has 3 unspecified atom stereocenters. The highest BCUT2D eigenvalue weighted by Crippen LogP contribution is 2.22. The Hall–Kier alpha value is -0.200. The molecule has 21 heavy (non-hydrogen) atoms. The van der Waals surface area contributed by atoms with Gasteiger partial charge in [0.05, 0.1) is 6.10 Å². The zero-order valence-electron chi connectivity index (χ0n) is 14.1. The first-order valence-electron chi connectivity index (χ1n) is 8.46. The first kappa shape index (κ1) is 17.2. The molecular formula is C16H33N3O2. The highest BCUT2D eigenvalue weighted by atomic mass is 16.3. The molecule has 0 aromatic heterocycles. The third kappa shape index (κ3) is 4.39. The molecule has 0 spiro atoms. The van der Waals surface area contributed by atoms with Crippen LogP contribution in [0.2, 0.25) is 0 Å². The molecule has 2 rings (SSSR count). The largest absolute Gasteiger partial charge is 0.391 e. The molecule has 0 amide bonds. The lowest BCUT2D eigenvalue weighted by molar-refractivity contribution is -0.0828. The van der Waals surface area contributed by atoms with Gasteiger partial charge in [-0.2, -0.15) is 0 Å². The lowest BCUT2D eigenvalue weighted by Crippen LogP contribution is -2.57. The van der Waals surface area contributed by atoms with E-state index in [1.165, 1.54) is 0 Å². The van der Waals surface area contributed by atoms with Gasteiger partial charge < -0.3 is 10.2 Å². The number of likely N-dealkylation sites (tertiary alicyclic amines) is 1. The van der Waals surface area contributed by atoms with Crippen molar-refractivity contribution in [2.75, 3.05) is 39.3 Å². The van der Waals surface area contributed by atoms with Gasteiger partial charge in [0, 0.05) is 50.7 Å². The van der Waals surface area contributed by atoms with Crippen LogP contribution in [0.25, 0.3) is 0 Å². The molecule has 0 saturated carbocycles. The van der Waals surface area contributed by atoms with Crippen molar-refractivity contribution in [2.24, 2.45) is 5.92 Å². The van der Waals surface area contributed by atoms with E-state index in [-0.39, 0.29) is 12.3 Å². The predicted octanol–water partition coefficient (Wildman–Crippen LogP) is 0.422. The summed E-state index contributed by atoms with van der Waals surface area (Å²) in [6, 6.07) is 0.902. The fourth-order valence-corrected chi connectivity index (χ4v) is 3.62. The van der Waals surface area contributed by atoms with Crippen LogP contribution < -0.4 is 0 Å². The third-order valence-electron chi connectivity index (χ3n) is 5.12. The quantitative estimate of drug-likeness (QED) is 0.788. The molecule has 0 bridgehead atoms.